The molecule has 1 aliphatic rings. The fraction of sp³-hybridized carbons (Fsp3) is 0.304. The van der Waals surface area contributed by atoms with E-state index >= 15 is 0 Å². The third-order valence-corrected chi connectivity index (χ3v) is 5.91. The van der Waals surface area contributed by atoms with Crippen LogP contribution in [0.15, 0.2) is 48.8 Å². The van der Waals surface area contributed by atoms with Gasteiger partial charge in [0, 0.05) is 49.1 Å². The largest absolute Gasteiger partial charge is 0.369 e. The van der Waals surface area contributed by atoms with Crippen molar-refractivity contribution in [2.75, 3.05) is 38.1 Å². The Hall–Kier alpha value is -3.12. The molecule has 6 nitrogen and oxygen atoms in total. The van der Waals surface area contributed by atoms with Crippen LogP contribution < -0.4 is 4.90 Å². The number of pyridine rings is 1. The van der Waals surface area contributed by atoms with Crippen LogP contribution in [0.1, 0.15) is 11.3 Å². The number of benzene rings is 1. The molecule has 0 unspecified atom stereocenters. The quantitative estimate of drug-likeness (QED) is 0.582. The summed E-state index contributed by atoms with van der Waals surface area (Å²) in [6, 6.07) is 13.1. The van der Waals surface area contributed by atoms with E-state index in [1.807, 2.05) is 24.0 Å². The number of aryl methyl sites for hydroxylation is 2. The number of rotatable bonds is 3. The number of anilines is 1. The maximum Gasteiger partial charge on any atom is 0.137 e. The molecule has 0 saturated carbocycles. The standard InChI is InChI=1S/C23H26N6/c1-16-15-29(26-17(16)2)21-12-19-13-22(25-23(19)24-14-21)18-4-6-20(7-5-18)28-10-8-27(3)9-11-28/h4-7,12-15H,8-11H2,1-3H3,(H,24,25). The van der Waals surface area contributed by atoms with Gasteiger partial charge in [-0.2, -0.15) is 5.10 Å². The summed E-state index contributed by atoms with van der Waals surface area (Å²) in [7, 11) is 2.19. The van der Waals surface area contributed by atoms with E-state index in [2.05, 4.69) is 75.2 Å². The average molecular weight is 387 g/mol. The Morgan fingerprint density at radius 1 is 0.931 bits per heavy atom. The van der Waals surface area contributed by atoms with E-state index in [-0.39, 0.29) is 0 Å². The molecule has 0 radical (unpaired) electrons. The van der Waals surface area contributed by atoms with Crippen molar-refractivity contribution >= 4 is 16.7 Å². The molecule has 1 fully saturated rings. The number of aromatic nitrogens is 4. The SMILES string of the molecule is Cc1cn(-c2cnc3[nH]c(-c4ccc(N5CCN(C)CC5)cc4)cc3c2)nc1C. The van der Waals surface area contributed by atoms with Crippen LogP contribution in [-0.2, 0) is 0 Å². The van der Waals surface area contributed by atoms with Gasteiger partial charge in [0.15, 0.2) is 0 Å². The Labute approximate surface area is 170 Å². The molecule has 1 aliphatic heterocycles. The lowest BCUT2D eigenvalue weighted by Crippen LogP contribution is -2.44. The molecule has 4 aromatic rings. The minimum Gasteiger partial charge on any atom is -0.369 e. The van der Waals surface area contributed by atoms with Gasteiger partial charge in [-0.25, -0.2) is 9.67 Å². The topological polar surface area (TPSA) is 53.0 Å². The zero-order valence-corrected chi connectivity index (χ0v) is 17.2. The van der Waals surface area contributed by atoms with Crippen molar-refractivity contribution in [2.24, 2.45) is 0 Å². The molecule has 6 heteroatoms. The minimum atomic E-state index is 0.896. The summed E-state index contributed by atoms with van der Waals surface area (Å²) in [5, 5.41) is 5.66. The van der Waals surface area contributed by atoms with Gasteiger partial charge in [-0.3, -0.25) is 0 Å². The Balaban J connectivity index is 1.41. The molecule has 148 valence electrons. The molecule has 1 N–H and O–H groups in total. The van der Waals surface area contributed by atoms with Crippen molar-refractivity contribution in [3.63, 3.8) is 0 Å². The second-order valence-corrected chi connectivity index (χ2v) is 7.99. The summed E-state index contributed by atoms with van der Waals surface area (Å²) in [6.07, 6.45) is 3.91. The van der Waals surface area contributed by atoms with Gasteiger partial charge in [-0.05, 0) is 56.3 Å². The first-order valence-electron chi connectivity index (χ1n) is 10.1. The predicted molar refractivity (Wildman–Crippen MR) is 118 cm³/mol. The first-order chi connectivity index (χ1) is 14.1. The summed E-state index contributed by atoms with van der Waals surface area (Å²) in [4.78, 5) is 12.9. The molecule has 0 aliphatic carbocycles. The van der Waals surface area contributed by atoms with Crippen LogP contribution in [0.3, 0.4) is 0 Å². The lowest BCUT2D eigenvalue weighted by atomic mass is 10.1. The molecule has 5 rings (SSSR count). The Bertz CT molecular complexity index is 1130. The third kappa shape index (κ3) is 3.40. The van der Waals surface area contributed by atoms with Crippen molar-refractivity contribution in [3.05, 3.63) is 60.0 Å². The smallest absolute Gasteiger partial charge is 0.137 e. The molecule has 29 heavy (non-hydrogen) atoms. The van der Waals surface area contributed by atoms with Gasteiger partial charge in [0.2, 0.25) is 0 Å². The molecule has 0 bridgehead atoms. The van der Waals surface area contributed by atoms with Crippen LogP contribution in [-0.4, -0.2) is 57.9 Å². The molecule has 0 amide bonds. The highest BCUT2D eigenvalue weighted by Gasteiger charge is 2.14. The Kier molecular flexibility index (Phi) is 4.36. The number of likely N-dealkylation sites (N-methyl/N-ethyl adjacent to an activating group) is 1. The van der Waals surface area contributed by atoms with Crippen LogP contribution in [0.25, 0.3) is 28.0 Å². The number of aromatic amines is 1. The number of hydrogen-bond acceptors (Lipinski definition) is 4. The third-order valence-electron chi connectivity index (χ3n) is 5.91. The average Bonchev–Trinajstić information content (AvgIpc) is 3.31. The lowest BCUT2D eigenvalue weighted by Gasteiger charge is -2.34. The van der Waals surface area contributed by atoms with Crippen molar-refractivity contribution in [2.45, 2.75) is 13.8 Å². The maximum atomic E-state index is 4.61. The predicted octanol–water partition coefficient (Wildman–Crippen LogP) is 3.78. The maximum absolute atomic E-state index is 4.61. The zero-order chi connectivity index (χ0) is 20.0. The van der Waals surface area contributed by atoms with Gasteiger partial charge in [-0.15, -0.1) is 0 Å². The fourth-order valence-electron chi connectivity index (χ4n) is 3.88. The summed E-state index contributed by atoms with van der Waals surface area (Å²) >= 11 is 0. The van der Waals surface area contributed by atoms with Crippen LogP contribution in [0.4, 0.5) is 5.69 Å². The Morgan fingerprint density at radius 3 is 2.38 bits per heavy atom. The van der Waals surface area contributed by atoms with E-state index in [0.29, 0.717) is 0 Å². The van der Waals surface area contributed by atoms with Crippen LogP contribution >= 0.6 is 0 Å². The molecule has 4 heterocycles. The zero-order valence-electron chi connectivity index (χ0n) is 17.2. The summed E-state index contributed by atoms with van der Waals surface area (Å²) in [5.41, 5.74) is 7.65. The van der Waals surface area contributed by atoms with Gasteiger partial charge >= 0.3 is 0 Å². The highest BCUT2D eigenvalue weighted by atomic mass is 15.3. The highest BCUT2D eigenvalue weighted by Crippen LogP contribution is 2.27. The number of nitrogens with zero attached hydrogens (tertiary/aromatic N) is 5. The van der Waals surface area contributed by atoms with E-state index in [9.17, 15) is 0 Å². The van der Waals surface area contributed by atoms with E-state index in [0.717, 1.165) is 54.3 Å². The molecular weight excluding hydrogens is 360 g/mol. The minimum absolute atomic E-state index is 0.896. The number of piperazine rings is 1. The number of H-pyrrole nitrogens is 1. The van der Waals surface area contributed by atoms with E-state index in [1.54, 1.807) is 0 Å². The van der Waals surface area contributed by atoms with E-state index in [1.165, 1.54) is 16.8 Å². The monoisotopic (exact) mass is 386 g/mol. The second kappa shape index (κ2) is 7.04. The van der Waals surface area contributed by atoms with Gasteiger partial charge in [0.05, 0.1) is 17.6 Å². The first-order valence-corrected chi connectivity index (χ1v) is 10.1. The second-order valence-electron chi connectivity index (χ2n) is 7.99. The highest BCUT2D eigenvalue weighted by molar-refractivity contribution is 5.84. The Morgan fingerprint density at radius 2 is 1.69 bits per heavy atom. The number of nitrogens with one attached hydrogen (secondary N) is 1. The van der Waals surface area contributed by atoms with Gasteiger partial charge < -0.3 is 14.8 Å². The molecule has 0 spiro atoms. The van der Waals surface area contributed by atoms with Crippen LogP contribution in [0.5, 0.6) is 0 Å². The van der Waals surface area contributed by atoms with Crippen LogP contribution in [0, 0.1) is 13.8 Å². The molecule has 3 aromatic heterocycles. The normalized spacial score (nSPS) is 15.3. The first kappa shape index (κ1) is 17.9. The lowest BCUT2D eigenvalue weighted by molar-refractivity contribution is 0.313. The molecule has 1 saturated heterocycles. The van der Waals surface area contributed by atoms with Crippen molar-refractivity contribution < 1.29 is 0 Å². The van der Waals surface area contributed by atoms with Crippen molar-refractivity contribution in [1.29, 1.82) is 0 Å². The van der Waals surface area contributed by atoms with Gasteiger partial charge in [0.25, 0.3) is 0 Å². The van der Waals surface area contributed by atoms with Gasteiger partial charge in [-0.1, -0.05) is 12.1 Å². The number of fused-ring (bicyclic) bond motifs is 1. The van der Waals surface area contributed by atoms with Crippen molar-refractivity contribution in [3.8, 4) is 16.9 Å². The fourth-order valence-corrected chi connectivity index (χ4v) is 3.88. The molecular formula is C23H26N6. The van der Waals surface area contributed by atoms with E-state index in [4.69, 9.17) is 0 Å². The molecule has 1 aromatic carbocycles. The van der Waals surface area contributed by atoms with Crippen LogP contribution in [0.2, 0.25) is 0 Å². The number of hydrogen-bond donors (Lipinski definition) is 1. The van der Waals surface area contributed by atoms with Gasteiger partial charge in [0.1, 0.15) is 5.65 Å². The summed E-state index contributed by atoms with van der Waals surface area (Å²) < 4.78 is 1.90. The van der Waals surface area contributed by atoms with Crippen molar-refractivity contribution in [1.82, 2.24) is 24.6 Å². The van der Waals surface area contributed by atoms with E-state index < -0.39 is 0 Å². The molecule has 0 atom stereocenters. The summed E-state index contributed by atoms with van der Waals surface area (Å²) in [6.45, 7) is 8.51. The summed E-state index contributed by atoms with van der Waals surface area (Å²) in [5.74, 6) is 0.